The summed E-state index contributed by atoms with van der Waals surface area (Å²) in [5.74, 6) is 0. The number of rotatable bonds is 2. The smallest absolute Gasteiger partial charge is 0.347 e. The normalized spacial score (nSPS) is 14.0. The maximum Gasteiger partial charge on any atom is 0.527 e. The van der Waals surface area contributed by atoms with Crippen molar-refractivity contribution in [3.63, 3.8) is 0 Å². The monoisotopic (exact) mass is 532 g/mol. The van der Waals surface area contributed by atoms with Gasteiger partial charge in [-0.05, 0) is 22.3 Å². The Morgan fingerprint density at radius 1 is 0.368 bits per heavy atom. The molecule has 4 aromatic rings. The lowest BCUT2D eigenvalue weighted by Crippen LogP contribution is -2.33. The Kier molecular flexibility index (Phi) is 9.61. The Hall–Kier alpha value is -5.09. The average Bonchev–Trinajstić information content (AvgIpc) is 2.95. The van der Waals surface area contributed by atoms with Gasteiger partial charge in [0, 0.05) is 0 Å². The van der Waals surface area contributed by atoms with Crippen LogP contribution < -0.4 is 0 Å². The van der Waals surface area contributed by atoms with Crippen LogP contribution in [-0.2, 0) is 24.0 Å². The first-order valence-electron chi connectivity index (χ1n) is 10.9. The van der Waals surface area contributed by atoms with Gasteiger partial charge >= 0.3 is 32.8 Å². The van der Waals surface area contributed by atoms with Crippen LogP contribution in [0.5, 0.6) is 0 Å². The lowest BCUT2D eigenvalue weighted by Gasteiger charge is -2.06. The summed E-state index contributed by atoms with van der Waals surface area (Å²) in [6.45, 7) is 0. The molecule has 0 amide bonds. The number of hydrogen-bond donors (Lipinski definition) is 0. The van der Waals surface area contributed by atoms with E-state index in [-0.39, 0.29) is 0 Å². The summed E-state index contributed by atoms with van der Waals surface area (Å²) in [6, 6.07) is 41.6. The van der Waals surface area contributed by atoms with Crippen molar-refractivity contribution in [2.75, 3.05) is 0 Å². The minimum absolute atomic E-state index is 1.28. The lowest BCUT2D eigenvalue weighted by molar-refractivity contribution is 0.0678. The molecule has 0 atom stereocenters. The van der Waals surface area contributed by atoms with Gasteiger partial charge in [0.05, 0.1) is 0 Å². The summed E-state index contributed by atoms with van der Waals surface area (Å²) < 4.78 is 31.7. The molecule has 0 saturated carbocycles. The zero-order valence-corrected chi connectivity index (χ0v) is 20.4. The van der Waals surface area contributed by atoms with Crippen molar-refractivity contribution in [1.82, 2.24) is 0 Å². The maximum absolute atomic E-state index is 10.7. The Morgan fingerprint density at radius 3 is 0.842 bits per heavy atom. The molecular weight excluding hydrogens is 512 g/mol. The van der Waals surface area contributed by atoms with Crippen LogP contribution in [0.15, 0.2) is 121 Å². The van der Waals surface area contributed by atoms with Crippen LogP contribution in [0.25, 0.3) is 22.3 Å². The number of carbonyl (C=O) groups is 4. The second-order valence-corrected chi connectivity index (χ2v) is 8.95. The largest absolute Gasteiger partial charge is 0.527 e. The molecule has 0 aromatic heterocycles. The summed E-state index contributed by atoms with van der Waals surface area (Å²) in [7, 11) is -5.11. The zero-order valence-electron chi connectivity index (χ0n) is 19.6. The molecule has 192 valence electrons. The molecule has 1 aliphatic heterocycles. The van der Waals surface area contributed by atoms with E-state index in [4.69, 9.17) is 0 Å². The molecule has 1 fully saturated rings. The van der Waals surface area contributed by atoms with Crippen molar-refractivity contribution in [3.05, 3.63) is 121 Å². The fraction of sp³-hybridized carbons (Fsp3) is 0. The van der Waals surface area contributed by atoms with Crippen LogP contribution in [0.4, 0.5) is 19.2 Å². The van der Waals surface area contributed by atoms with Gasteiger partial charge in [-0.2, -0.15) is 0 Å². The van der Waals surface area contributed by atoms with Crippen molar-refractivity contribution in [3.8, 4) is 22.3 Å². The highest BCUT2D eigenvalue weighted by Gasteiger charge is 2.42. The quantitative estimate of drug-likeness (QED) is 0.206. The van der Waals surface area contributed by atoms with Crippen molar-refractivity contribution in [2.24, 2.45) is 0 Å². The van der Waals surface area contributed by atoms with Crippen LogP contribution >= 0.6 is 0 Å². The summed E-state index contributed by atoms with van der Waals surface area (Å²) in [6.07, 6.45) is -3.79. The molecule has 4 aromatic carbocycles. The number of cyclic esters (lactones) is 6. The first kappa shape index (κ1) is 27.5. The van der Waals surface area contributed by atoms with Gasteiger partial charge in [-0.15, -0.1) is 0 Å². The van der Waals surface area contributed by atoms with Crippen LogP contribution in [0.1, 0.15) is 0 Å². The van der Waals surface area contributed by atoms with E-state index in [9.17, 15) is 27.6 Å². The third-order valence-corrected chi connectivity index (χ3v) is 5.74. The molecule has 1 saturated heterocycles. The van der Waals surface area contributed by atoms with Gasteiger partial charge in [-0.25, -0.2) is 27.6 Å². The molecule has 0 unspecified atom stereocenters. The topological polar surface area (TPSA) is 130 Å². The highest BCUT2D eigenvalue weighted by atomic mass is 32.2. The van der Waals surface area contributed by atoms with Gasteiger partial charge in [-0.1, -0.05) is 121 Å². The van der Waals surface area contributed by atoms with Crippen molar-refractivity contribution in [2.45, 2.75) is 0 Å². The van der Waals surface area contributed by atoms with Crippen LogP contribution in [0, 0.1) is 0 Å². The van der Waals surface area contributed by atoms with Gasteiger partial charge in [0.15, 0.2) is 0 Å². The number of ether oxygens (including phenoxy) is 3. The molecule has 0 spiro atoms. The molecule has 9 nitrogen and oxygen atoms in total. The molecule has 1 aliphatic rings. The fourth-order valence-electron chi connectivity index (χ4n) is 2.95. The summed E-state index contributed by atoms with van der Waals surface area (Å²) in [5, 5.41) is -4.33. The van der Waals surface area contributed by atoms with E-state index in [2.05, 4.69) is 111 Å². The second-order valence-electron chi connectivity index (χ2n) is 7.27. The molecule has 10 heteroatoms. The summed E-state index contributed by atoms with van der Waals surface area (Å²) in [4.78, 5) is 41.6. The van der Waals surface area contributed by atoms with E-state index in [1.54, 1.807) is 0 Å². The molecule has 0 N–H and O–H groups in total. The third kappa shape index (κ3) is 7.97. The molecule has 0 radical (unpaired) electrons. The summed E-state index contributed by atoms with van der Waals surface area (Å²) >= 11 is 0. The second kappa shape index (κ2) is 13.3. The zero-order chi connectivity index (χ0) is 27.4. The molecule has 38 heavy (non-hydrogen) atoms. The van der Waals surface area contributed by atoms with E-state index >= 15 is 0 Å². The maximum atomic E-state index is 10.7. The van der Waals surface area contributed by atoms with E-state index in [0.29, 0.717) is 0 Å². The van der Waals surface area contributed by atoms with Crippen molar-refractivity contribution in [1.29, 1.82) is 0 Å². The van der Waals surface area contributed by atoms with Gasteiger partial charge in [-0.3, -0.25) is 0 Å². The standard InChI is InChI=1S/2C12H10.C4O9S/c2*1-3-7-11(8-4-1)12-9-5-2-6-10-12;5-1-11-2(6)13-4(8)14(9,10)3(7)12-1/h2*1-10H;. The Labute approximate surface area is 218 Å². The molecular formula is C28H20O9S. The first-order chi connectivity index (χ1) is 18.3. The SMILES string of the molecule is O=C1OC(=O)OC(=O)S(=O)(=O)C(=O)O1.c1ccc(-c2ccccc2)cc1.c1ccc(-c2ccccc2)cc1. The average molecular weight is 533 g/mol. The predicted octanol–water partition coefficient (Wildman–Crippen LogP) is 6.65. The first-order valence-corrected chi connectivity index (χ1v) is 12.4. The van der Waals surface area contributed by atoms with Crippen LogP contribution in [-0.4, -0.2) is 31.3 Å². The van der Waals surface area contributed by atoms with Crippen molar-refractivity contribution < 1.29 is 41.8 Å². The minimum Gasteiger partial charge on any atom is -0.347 e. The Balaban J connectivity index is 0.000000158. The molecule has 0 aliphatic carbocycles. The van der Waals surface area contributed by atoms with Gasteiger partial charge in [0.2, 0.25) is 0 Å². The highest BCUT2D eigenvalue weighted by Crippen LogP contribution is 2.18. The summed E-state index contributed by atoms with van der Waals surface area (Å²) in [5.41, 5.74) is 5.10. The number of carbonyl (C=O) groups excluding carboxylic acids is 4. The van der Waals surface area contributed by atoms with E-state index in [0.717, 1.165) is 0 Å². The van der Waals surface area contributed by atoms with E-state index in [1.165, 1.54) is 22.3 Å². The lowest BCUT2D eigenvalue weighted by atomic mass is 10.1. The molecule has 1 heterocycles. The number of benzene rings is 4. The molecule has 5 rings (SSSR count). The van der Waals surface area contributed by atoms with Gasteiger partial charge < -0.3 is 14.2 Å². The highest BCUT2D eigenvalue weighted by molar-refractivity contribution is 8.18. The van der Waals surface area contributed by atoms with Gasteiger partial charge in [0.1, 0.15) is 0 Å². The van der Waals surface area contributed by atoms with E-state index < -0.39 is 32.8 Å². The van der Waals surface area contributed by atoms with Gasteiger partial charge in [0.25, 0.3) is 0 Å². The third-order valence-electron chi connectivity index (χ3n) is 4.70. The number of hydrogen-bond acceptors (Lipinski definition) is 9. The molecule has 0 bridgehead atoms. The minimum atomic E-state index is -5.11. The predicted molar refractivity (Wildman–Crippen MR) is 138 cm³/mol. The van der Waals surface area contributed by atoms with E-state index in [1.807, 2.05) is 24.3 Å². The van der Waals surface area contributed by atoms with Crippen LogP contribution in [0.3, 0.4) is 0 Å². The van der Waals surface area contributed by atoms with Crippen molar-refractivity contribution >= 4 is 32.8 Å². The number of sulfone groups is 1. The Bertz CT molecular complexity index is 1300. The fourth-order valence-corrected chi connectivity index (χ4v) is 3.44. The Morgan fingerprint density at radius 2 is 0.605 bits per heavy atom. The van der Waals surface area contributed by atoms with Crippen LogP contribution in [0.2, 0.25) is 0 Å².